The first-order valence-electron chi connectivity index (χ1n) is 5.89. The minimum atomic E-state index is -2.86. The number of hydrogen-bond donors (Lipinski definition) is 1. The summed E-state index contributed by atoms with van der Waals surface area (Å²) in [5, 5.41) is 0. The van der Waals surface area contributed by atoms with Gasteiger partial charge in [-0.3, -0.25) is 0 Å². The highest BCUT2D eigenvalue weighted by molar-refractivity contribution is 7.90. The minimum absolute atomic E-state index is 0.0930. The third-order valence-corrected chi connectivity index (χ3v) is 4.28. The molecule has 0 aromatic heterocycles. The van der Waals surface area contributed by atoms with Crippen LogP contribution in [0, 0.1) is 5.82 Å². The first-order valence-corrected chi connectivity index (χ1v) is 7.04. The molecule has 0 spiro atoms. The first kappa shape index (κ1) is 16.3. The van der Waals surface area contributed by atoms with Gasteiger partial charge >= 0.3 is 0 Å². The highest BCUT2D eigenvalue weighted by Crippen LogP contribution is 2.28. The number of halogens is 3. The fraction of sp³-hybridized carbons (Fsp3) is 0.538. The summed E-state index contributed by atoms with van der Waals surface area (Å²) in [4.78, 5) is 0. The van der Waals surface area contributed by atoms with Crippen LogP contribution in [0.1, 0.15) is 51.3 Å². The lowest BCUT2D eigenvalue weighted by atomic mass is 10.0. The molecule has 2 atom stereocenters. The van der Waals surface area contributed by atoms with Crippen LogP contribution < -0.4 is 4.72 Å². The van der Waals surface area contributed by atoms with E-state index in [1.165, 1.54) is 12.1 Å². The van der Waals surface area contributed by atoms with Crippen LogP contribution in [-0.2, 0) is 11.4 Å². The van der Waals surface area contributed by atoms with Crippen molar-refractivity contribution in [2.24, 2.45) is 0 Å². The zero-order valence-electron chi connectivity index (χ0n) is 11.3. The molecule has 1 aromatic rings. The molecule has 1 rings (SSSR count). The van der Waals surface area contributed by atoms with E-state index in [1.807, 2.05) is 0 Å². The number of rotatable bonds is 4. The largest absolute Gasteiger partial charge is 0.598 e. The summed E-state index contributed by atoms with van der Waals surface area (Å²) in [7, 11) is 0. The number of alkyl halides is 2. The fourth-order valence-corrected chi connectivity index (χ4v) is 2.27. The zero-order chi connectivity index (χ0) is 14.8. The normalized spacial score (nSPS) is 15.6. The van der Waals surface area contributed by atoms with Crippen LogP contribution in [0.25, 0.3) is 0 Å². The van der Waals surface area contributed by atoms with Crippen molar-refractivity contribution in [2.75, 3.05) is 0 Å². The second-order valence-electron chi connectivity index (χ2n) is 5.27. The quantitative estimate of drug-likeness (QED) is 0.855. The van der Waals surface area contributed by atoms with Gasteiger partial charge in [-0.2, -0.15) is 0 Å². The Bertz CT molecular complexity index is 434. The summed E-state index contributed by atoms with van der Waals surface area (Å²) in [6, 6.07) is 3.23. The molecule has 0 aliphatic heterocycles. The van der Waals surface area contributed by atoms with E-state index < -0.39 is 40.0 Å². The van der Waals surface area contributed by atoms with Gasteiger partial charge in [0, 0.05) is 16.9 Å². The van der Waals surface area contributed by atoms with E-state index in [0.29, 0.717) is 0 Å². The van der Waals surface area contributed by atoms with Gasteiger partial charge in [-0.15, -0.1) is 4.72 Å². The molecule has 0 radical (unpaired) electrons. The molecule has 0 bridgehead atoms. The molecule has 1 unspecified atom stereocenters. The topological polar surface area (TPSA) is 35.1 Å². The van der Waals surface area contributed by atoms with E-state index in [4.69, 9.17) is 0 Å². The van der Waals surface area contributed by atoms with Crippen LogP contribution in [-0.4, -0.2) is 9.30 Å². The van der Waals surface area contributed by atoms with Gasteiger partial charge in [0.25, 0.3) is 6.43 Å². The Morgan fingerprint density at radius 1 is 1.21 bits per heavy atom. The van der Waals surface area contributed by atoms with Crippen LogP contribution in [0.15, 0.2) is 18.2 Å². The highest BCUT2D eigenvalue weighted by Gasteiger charge is 2.29. The Morgan fingerprint density at radius 2 is 1.74 bits per heavy atom. The van der Waals surface area contributed by atoms with Crippen molar-refractivity contribution in [1.82, 2.24) is 4.72 Å². The van der Waals surface area contributed by atoms with Gasteiger partial charge in [0.05, 0.1) is 11.6 Å². The summed E-state index contributed by atoms with van der Waals surface area (Å²) in [6.07, 6.45) is -2.86. The Hall–Kier alpha value is -0.720. The summed E-state index contributed by atoms with van der Waals surface area (Å²) < 4.78 is 53.2. The molecule has 1 aromatic carbocycles. The maximum atomic E-state index is 13.9. The first-order chi connectivity index (χ1) is 8.64. The molecule has 2 nitrogen and oxygen atoms in total. The molecule has 108 valence electrons. The molecule has 6 heteroatoms. The summed E-state index contributed by atoms with van der Waals surface area (Å²) in [5.41, 5.74) is -0.539. The molecular weight excluding hydrogens is 275 g/mol. The van der Waals surface area contributed by atoms with E-state index in [-0.39, 0.29) is 5.56 Å². The van der Waals surface area contributed by atoms with Crippen molar-refractivity contribution < 1.29 is 17.7 Å². The Morgan fingerprint density at radius 3 is 2.21 bits per heavy atom. The van der Waals surface area contributed by atoms with Gasteiger partial charge < -0.3 is 4.55 Å². The Balaban J connectivity index is 2.95. The average Bonchev–Trinajstić information content (AvgIpc) is 2.27. The van der Waals surface area contributed by atoms with E-state index in [1.54, 1.807) is 27.7 Å². The second-order valence-corrected chi connectivity index (χ2v) is 7.27. The summed E-state index contributed by atoms with van der Waals surface area (Å²) in [6.45, 7) is 6.91. The van der Waals surface area contributed by atoms with Gasteiger partial charge in [0.2, 0.25) is 0 Å². The third-order valence-electron chi connectivity index (χ3n) is 2.60. The number of hydrogen-bond acceptors (Lipinski definition) is 2. The monoisotopic (exact) mass is 293 g/mol. The molecule has 0 aliphatic carbocycles. The third kappa shape index (κ3) is 4.12. The molecule has 19 heavy (non-hydrogen) atoms. The fourth-order valence-electron chi connectivity index (χ4n) is 1.47. The van der Waals surface area contributed by atoms with Crippen LogP contribution in [0.2, 0.25) is 0 Å². The van der Waals surface area contributed by atoms with Crippen LogP contribution in [0.4, 0.5) is 13.2 Å². The van der Waals surface area contributed by atoms with Crippen LogP contribution >= 0.6 is 0 Å². The van der Waals surface area contributed by atoms with E-state index in [0.717, 1.165) is 6.07 Å². The predicted octanol–water partition coefficient (Wildman–Crippen LogP) is 3.88. The van der Waals surface area contributed by atoms with Crippen molar-refractivity contribution in [1.29, 1.82) is 0 Å². The molecule has 0 aliphatic rings. The van der Waals surface area contributed by atoms with Crippen molar-refractivity contribution in [3.05, 3.63) is 35.1 Å². The van der Waals surface area contributed by atoms with Gasteiger partial charge in [0.1, 0.15) is 10.6 Å². The Labute approximate surface area is 114 Å². The highest BCUT2D eigenvalue weighted by atomic mass is 32.2. The predicted molar refractivity (Wildman–Crippen MR) is 70.8 cm³/mol. The number of nitrogens with one attached hydrogen (secondary N) is 1. The van der Waals surface area contributed by atoms with E-state index >= 15 is 0 Å². The Kier molecular flexibility index (Phi) is 5.29. The standard InChI is InChI=1S/C13H18F3NOS/c1-8(17-19(18)13(2,3)4)9-6-5-7-10(11(9)14)12(15)16/h5-8,12,17H,1-4H3/t8?,19-/m1/s1. The molecule has 0 saturated heterocycles. The lowest BCUT2D eigenvalue weighted by Gasteiger charge is -2.26. The van der Waals surface area contributed by atoms with Crippen molar-refractivity contribution in [3.63, 3.8) is 0 Å². The smallest absolute Gasteiger partial charge is 0.266 e. The maximum Gasteiger partial charge on any atom is 0.266 e. The van der Waals surface area contributed by atoms with Gasteiger partial charge in [-0.1, -0.05) is 18.2 Å². The van der Waals surface area contributed by atoms with Crippen molar-refractivity contribution >= 4 is 11.4 Å². The van der Waals surface area contributed by atoms with E-state index in [2.05, 4.69) is 4.72 Å². The summed E-state index contributed by atoms with van der Waals surface area (Å²) in [5.74, 6) is -0.941. The van der Waals surface area contributed by atoms with E-state index in [9.17, 15) is 17.7 Å². The van der Waals surface area contributed by atoms with Gasteiger partial charge in [0.15, 0.2) is 0 Å². The second kappa shape index (κ2) is 6.15. The van der Waals surface area contributed by atoms with Gasteiger partial charge in [-0.05, 0) is 27.7 Å². The zero-order valence-corrected chi connectivity index (χ0v) is 12.2. The molecule has 0 fully saturated rings. The molecule has 0 heterocycles. The van der Waals surface area contributed by atoms with Crippen molar-refractivity contribution in [2.45, 2.75) is 44.9 Å². The molecule has 1 N–H and O–H groups in total. The average molecular weight is 293 g/mol. The maximum absolute atomic E-state index is 13.9. The van der Waals surface area contributed by atoms with Crippen molar-refractivity contribution in [3.8, 4) is 0 Å². The van der Waals surface area contributed by atoms with Crippen LogP contribution in [0.3, 0.4) is 0 Å². The van der Waals surface area contributed by atoms with Crippen LogP contribution in [0.5, 0.6) is 0 Å². The van der Waals surface area contributed by atoms with Gasteiger partial charge in [-0.25, -0.2) is 13.2 Å². The molecule has 0 amide bonds. The summed E-state index contributed by atoms with van der Waals surface area (Å²) >= 11 is -1.40. The minimum Gasteiger partial charge on any atom is -0.598 e. The lowest BCUT2D eigenvalue weighted by Crippen LogP contribution is -2.40. The molecular formula is C13H18F3NOS. The molecule has 0 saturated carbocycles. The lowest BCUT2D eigenvalue weighted by molar-refractivity contribution is 0.146. The SMILES string of the molecule is CC(N[S@+]([O-])C(C)(C)C)c1cccc(C(F)F)c1F. The number of benzene rings is 1.